The van der Waals surface area contributed by atoms with Gasteiger partial charge in [-0.05, 0) is 42.5 Å². The van der Waals surface area contributed by atoms with Crippen molar-refractivity contribution >= 4 is 5.69 Å². The Balaban J connectivity index is 1.67. The molecule has 0 bridgehead atoms. The van der Waals surface area contributed by atoms with Gasteiger partial charge in [0, 0.05) is 24.3 Å². The monoisotopic (exact) mass is 250 g/mol. The van der Waals surface area contributed by atoms with Crippen molar-refractivity contribution in [1.82, 2.24) is 14.8 Å². The van der Waals surface area contributed by atoms with Crippen LogP contribution in [0.15, 0.2) is 67.1 Å². The van der Waals surface area contributed by atoms with Crippen LogP contribution in [-0.4, -0.2) is 14.8 Å². The van der Waals surface area contributed by atoms with Crippen LogP contribution < -0.4 is 5.32 Å². The second kappa shape index (κ2) is 5.35. The summed E-state index contributed by atoms with van der Waals surface area (Å²) in [5.74, 6) is 0. The summed E-state index contributed by atoms with van der Waals surface area (Å²) in [5.41, 5.74) is 3.15. The largest absolute Gasteiger partial charge is 0.379 e. The molecular formula is C15H14N4. The minimum Gasteiger partial charge on any atom is -0.379 e. The number of nitrogens with zero attached hydrogens (tertiary/aromatic N) is 3. The van der Waals surface area contributed by atoms with Crippen LogP contribution in [0.25, 0.3) is 5.69 Å². The van der Waals surface area contributed by atoms with Crippen LogP contribution in [-0.2, 0) is 6.54 Å². The number of pyridine rings is 1. The Morgan fingerprint density at radius 1 is 0.947 bits per heavy atom. The molecule has 3 aromatic rings. The third kappa shape index (κ3) is 2.80. The molecule has 0 radical (unpaired) electrons. The van der Waals surface area contributed by atoms with Crippen molar-refractivity contribution in [3.05, 3.63) is 72.8 Å². The van der Waals surface area contributed by atoms with Crippen LogP contribution in [0.1, 0.15) is 5.69 Å². The fourth-order valence-corrected chi connectivity index (χ4v) is 1.85. The number of nitrogens with one attached hydrogen (secondary N) is 1. The van der Waals surface area contributed by atoms with Crippen molar-refractivity contribution in [3.8, 4) is 5.69 Å². The maximum atomic E-state index is 4.28. The lowest BCUT2D eigenvalue weighted by atomic mass is 10.2. The molecule has 94 valence electrons. The van der Waals surface area contributed by atoms with E-state index in [4.69, 9.17) is 0 Å². The molecule has 0 amide bonds. The summed E-state index contributed by atoms with van der Waals surface area (Å²) < 4.78 is 1.84. The Hall–Kier alpha value is -2.62. The molecule has 19 heavy (non-hydrogen) atoms. The first-order valence-electron chi connectivity index (χ1n) is 6.16. The molecule has 0 fully saturated rings. The number of rotatable bonds is 4. The van der Waals surface area contributed by atoms with E-state index in [2.05, 4.69) is 15.4 Å². The molecule has 0 aliphatic rings. The molecular weight excluding hydrogens is 236 g/mol. The quantitative estimate of drug-likeness (QED) is 0.774. The van der Waals surface area contributed by atoms with E-state index in [1.807, 2.05) is 59.4 Å². The Labute approximate surface area is 111 Å². The lowest BCUT2D eigenvalue weighted by Gasteiger charge is -2.07. The van der Waals surface area contributed by atoms with E-state index < -0.39 is 0 Å². The zero-order valence-corrected chi connectivity index (χ0v) is 10.4. The number of hydrogen-bond donors (Lipinski definition) is 1. The van der Waals surface area contributed by atoms with Crippen molar-refractivity contribution in [2.45, 2.75) is 6.54 Å². The zero-order valence-electron chi connectivity index (χ0n) is 10.4. The van der Waals surface area contributed by atoms with Gasteiger partial charge < -0.3 is 5.32 Å². The lowest BCUT2D eigenvalue weighted by molar-refractivity contribution is 0.880. The summed E-state index contributed by atoms with van der Waals surface area (Å²) in [5, 5.41) is 7.54. The first-order chi connectivity index (χ1) is 9.42. The Morgan fingerprint density at radius 2 is 1.84 bits per heavy atom. The first-order valence-corrected chi connectivity index (χ1v) is 6.16. The SMILES string of the molecule is c1ccc(CNc2ccc(-n3cccn3)cc2)nc1. The molecule has 2 heterocycles. The van der Waals surface area contributed by atoms with Gasteiger partial charge >= 0.3 is 0 Å². The Kier molecular flexibility index (Phi) is 3.23. The fourth-order valence-electron chi connectivity index (χ4n) is 1.85. The minimum absolute atomic E-state index is 0.724. The van der Waals surface area contributed by atoms with Crippen LogP contribution >= 0.6 is 0 Å². The van der Waals surface area contributed by atoms with Crippen LogP contribution in [0.4, 0.5) is 5.69 Å². The molecule has 0 saturated carbocycles. The molecule has 4 nitrogen and oxygen atoms in total. The van der Waals surface area contributed by atoms with Gasteiger partial charge in [-0.15, -0.1) is 0 Å². The average molecular weight is 250 g/mol. The minimum atomic E-state index is 0.724. The third-order valence-electron chi connectivity index (χ3n) is 2.84. The molecule has 0 spiro atoms. The highest BCUT2D eigenvalue weighted by atomic mass is 15.3. The van der Waals surface area contributed by atoms with Gasteiger partial charge in [0.1, 0.15) is 0 Å². The normalized spacial score (nSPS) is 10.3. The maximum Gasteiger partial charge on any atom is 0.0647 e. The summed E-state index contributed by atoms with van der Waals surface area (Å²) >= 11 is 0. The molecule has 0 atom stereocenters. The van der Waals surface area contributed by atoms with Crippen LogP contribution in [0.3, 0.4) is 0 Å². The molecule has 1 N–H and O–H groups in total. The second-order valence-corrected chi connectivity index (χ2v) is 4.17. The predicted octanol–water partition coefficient (Wildman–Crippen LogP) is 2.88. The molecule has 0 aliphatic heterocycles. The van der Waals surface area contributed by atoms with Crippen molar-refractivity contribution in [2.24, 2.45) is 0 Å². The van der Waals surface area contributed by atoms with Crippen LogP contribution in [0, 0.1) is 0 Å². The Morgan fingerprint density at radius 3 is 2.53 bits per heavy atom. The highest BCUT2D eigenvalue weighted by molar-refractivity contribution is 5.48. The van der Waals surface area contributed by atoms with E-state index in [9.17, 15) is 0 Å². The number of hydrogen-bond acceptors (Lipinski definition) is 3. The van der Waals surface area contributed by atoms with Gasteiger partial charge in [0.05, 0.1) is 17.9 Å². The van der Waals surface area contributed by atoms with Crippen molar-refractivity contribution in [2.75, 3.05) is 5.32 Å². The molecule has 3 rings (SSSR count). The van der Waals surface area contributed by atoms with Crippen molar-refractivity contribution in [3.63, 3.8) is 0 Å². The highest BCUT2D eigenvalue weighted by Gasteiger charge is 1.97. The number of aromatic nitrogens is 3. The fraction of sp³-hybridized carbons (Fsp3) is 0.0667. The van der Waals surface area contributed by atoms with E-state index in [1.54, 1.807) is 12.4 Å². The molecule has 0 saturated heterocycles. The van der Waals surface area contributed by atoms with E-state index in [1.165, 1.54) is 0 Å². The summed E-state index contributed by atoms with van der Waals surface area (Å²) in [6, 6.07) is 16.0. The predicted molar refractivity (Wildman–Crippen MR) is 75.1 cm³/mol. The summed E-state index contributed by atoms with van der Waals surface area (Å²) in [6.45, 7) is 0.724. The van der Waals surface area contributed by atoms with E-state index >= 15 is 0 Å². The van der Waals surface area contributed by atoms with Gasteiger partial charge in [-0.2, -0.15) is 5.10 Å². The second-order valence-electron chi connectivity index (χ2n) is 4.17. The average Bonchev–Trinajstić information content (AvgIpc) is 3.01. The Bertz CT molecular complexity index is 615. The first kappa shape index (κ1) is 11.5. The van der Waals surface area contributed by atoms with Crippen molar-refractivity contribution < 1.29 is 0 Å². The standard InChI is InChI=1S/C15H14N4/c1-2-9-16-14(4-1)12-17-13-5-7-15(8-6-13)19-11-3-10-18-19/h1-11,17H,12H2. The molecule has 4 heteroatoms. The summed E-state index contributed by atoms with van der Waals surface area (Å²) in [6.07, 6.45) is 5.50. The topological polar surface area (TPSA) is 42.7 Å². The third-order valence-corrected chi connectivity index (χ3v) is 2.84. The van der Waals surface area contributed by atoms with Gasteiger partial charge in [0.25, 0.3) is 0 Å². The van der Waals surface area contributed by atoms with Gasteiger partial charge in [-0.25, -0.2) is 4.68 Å². The van der Waals surface area contributed by atoms with Gasteiger partial charge in [-0.1, -0.05) is 6.07 Å². The van der Waals surface area contributed by atoms with Gasteiger partial charge in [-0.3, -0.25) is 4.98 Å². The maximum absolute atomic E-state index is 4.28. The highest BCUT2D eigenvalue weighted by Crippen LogP contribution is 2.13. The van der Waals surface area contributed by atoms with Crippen molar-refractivity contribution in [1.29, 1.82) is 0 Å². The van der Waals surface area contributed by atoms with Gasteiger partial charge in [0.2, 0.25) is 0 Å². The molecule has 1 aromatic carbocycles. The molecule has 0 unspecified atom stereocenters. The number of anilines is 1. The summed E-state index contributed by atoms with van der Waals surface area (Å²) in [4.78, 5) is 4.28. The van der Waals surface area contributed by atoms with E-state index in [-0.39, 0.29) is 0 Å². The smallest absolute Gasteiger partial charge is 0.0647 e. The van der Waals surface area contributed by atoms with Crippen LogP contribution in [0.5, 0.6) is 0 Å². The molecule has 2 aromatic heterocycles. The number of benzene rings is 1. The van der Waals surface area contributed by atoms with Crippen LogP contribution in [0.2, 0.25) is 0 Å². The zero-order chi connectivity index (χ0) is 12.9. The lowest BCUT2D eigenvalue weighted by Crippen LogP contribution is -2.01. The van der Waals surface area contributed by atoms with Gasteiger partial charge in [0.15, 0.2) is 0 Å². The molecule has 0 aliphatic carbocycles. The summed E-state index contributed by atoms with van der Waals surface area (Å²) in [7, 11) is 0. The van der Waals surface area contributed by atoms with E-state index in [0.717, 1.165) is 23.6 Å². The van der Waals surface area contributed by atoms with E-state index in [0.29, 0.717) is 0 Å².